The molecule has 6 rings (SSSR count). The van der Waals surface area contributed by atoms with Crippen LogP contribution in [0.15, 0.2) is 30.5 Å². The predicted molar refractivity (Wildman–Crippen MR) is 148 cm³/mol. The molecule has 1 amide bonds. The van der Waals surface area contributed by atoms with Gasteiger partial charge in [-0.3, -0.25) is 4.79 Å². The summed E-state index contributed by atoms with van der Waals surface area (Å²) in [4.78, 5) is 23.8. The normalized spacial score (nSPS) is 17.2. The van der Waals surface area contributed by atoms with Crippen molar-refractivity contribution < 1.29 is 18.0 Å². The topological polar surface area (TPSA) is 69.5 Å². The van der Waals surface area contributed by atoms with Gasteiger partial charge in [0.25, 0.3) is 5.82 Å². The van der Waals surface area contributed by atoms with E-state index < -0.39 is 12.0 Å². The lowest BCUT2D eigenvalue weighted by Gasteiger charge is -2.33. The van der Waals surface area contributed by atoms with E-state index in [1.165, 1.54) is 10.1 Å². The van der Waals surface area contributed by atoms with Crippen molar-refractivity contribution in [1.82, 2.24) is 29.4 Å². The number of piperidine rings is 1. The first kappa shape index (κ1) is 26.8. The van der Waals surface area contributed by atoms with Crippen LogP contribution in [-0.2, 0) is 11.0 Å². The number of likely N-dealkylation sites (N-methyl/N-ethyl adjacent to an activating group) is 1. The lowest BCUT2D eigenvalue weighted by atomic mass is 9.87. The van der Waals surface area contributed by atoms with E-state index in [4.69, 9.17) is 0 Å². The van der Waals surface area contributed by atoms with Crippen LogP contribution in [-0.4, -0.2) is 69.0 Å². The summed E-state index contributed by atoms with van der Waals surface area (Å²) in [5.41, 5.74) is 6.26. The van der Waals surface area contributed by atoms with Crippen molar-refractivity contribution in [1.29, 1.82) is 0 Å². The van der Waals surface area contributed by atoms with Crippen molar-refractivity contribution in [2.75, 3.05) is 33.7 Å². The van der Waals surface area contributed by atoms with Gasteiger partial charge in [-0.05, 0) is 86.9 Å². The highest BCUT2D eigenvalue weighted by molar-refractivity contribution is 5.92. The minimum absolute atomic E-state index is 0.175. The lowest BCUT2D eigenvalue weighted by molar-refractivity contribution is -0.144. The fourth-order valence-corrected chi connectivity index (χ4v) is 6.11. The van der Waals surface area contributed by atoms with Gasteiger partial charge < -0.3 is 14.8 Å². The number of hydrogen-bond acceptors (Lipinski definition) is 4. The maximum Gasteiger partial charge on any atom is 0.453 e. The van der Waals surface area contributed by atoms with E-state index in [0.717, 1.165) is 72.1 Å². The molecule has 1 aliphatic heterocycles. The number of alkyl halides is 3. The number of nitrogens with zero attached hydrogens (tertiary/aromatic N) is 5. The summed E-state index contributed by atoms with van der Waals surface area (Å²) in [7, 11) is 3.82. The molecule has 2 aliphatic rings. The van der Waals surface area contributed by atoms with Gasteiger partial charge in [-0.1, -0.05) is 19.9 Å². The van der Waals surface area contributed by atoms with E-state index in [2.05, 4.69) is 47.1 Å². The van der Waals surface area contributed by atoms with Crippen LogP contribution in [0.5, 0.6) is 0 Å². The number of aromatic nitrogens is 4. The Morgan fingerprint density at radius 2 is 1.82 bits per heavy atom. The molecule has 1 aromatic carbocycles. The molecule has 3 aromatic heterocycles. The van der Waals surface area contributed by atoms with E-state index in [1.54, 1.807) is 6.20 Å². The first-order valence-electron chi connectivity index (χ1n) is 14.1. The molecule has 0 unspecified atom stereocenters. The summed E-state index contributed by atoms with van der Waals surface area (Å²) in [6.07, 6.45) is 0.813. The van der Waals surface area contributed by atoms with Crippen molar-refractivity contribution in [2.45, 2.75) is 63.5 Å². The number of pyridine rings is 1. The second-order valence-electron chi connectivity index (χ2n) is 11.9. The van der Waals surface area contributed by atoms with Crippen molar-refractivity contribution in [3.63, 3.8) is 0 Å². The van der Waals surface area contributed by atoms with Crippen molar-refractivity contribution in [3.8, 4) is 11.3 Å². The Kier molecular flexibility index (Phi) is 6.64. The van der Waals surface area contributed by atoms with Gasteiger partial charge in [0.15, 0.2) is 5.65 Å². The fraction of sp³-hybridized carbons (Fsp3) is 0.500. The molecule has 4 aromatic rings. The highest BCUT2D eigenvalue weighted by atomic mass is 19.4. The average Bonchev–Trinajstić information content (AvgIpc) is 3.52. The van der Waals surface area contributed by atoms with Gasteiger partial charge in [-0.2, -0.15) is 13.2 Å². The summed E-state index contributed by atoms with van der Waals surface area (Å²) >= 11 is 0. The van der Waals surface area contributed by atoms with Gasteiger partial charge in [-0.25, -0.2) is 9.50 Å². The number of fused-ring (bicyclic) bond motifs is 2. The molecule has 40 heavy (non-hydrogen) atoms. The van der Waals surface area contributed by atoms with Gasteiger partial charge in [0, 0.05) is 41.3 Å². The largest absolute Gasteiger partial charge is 0.453 e. The maximum absolute atomic E-state index is 13.4. The zero-order chi connectivity index (χ0) is 28.3. The summed E-state index contributed by atoms with van der Waals surface area (Å²) in [6.45, 7) is 6.23. The van der Waals surface area contributed by atoms with Crippen LogP contribution < -0.4 is 0 Å². The number of carbonyl (C=O) groups is 1. The Morgan fingerprint density at radius 3 is 2.45 bits per heavy atom. The number of amides is 1. The summed E-state index contributed by atoms with van der Waals surface area (Å²) < 4.78 is 41.6. The van der Waals surface area contributed by atoms with Crippen LogP contribution in [0.4, 0.5) is 13.2 Å². The van der Waals surface area contributed by atoms with E-state index >= 15 is 0 Å². The predicted octanol–water partition coefficient (Wildman–Crippen LogP) is 6.16. The van der Waals surface area contributed by atoms with E-state index in [9.17, 15) is 18.0 Å². The highest BCUT2D eigenvalue weighted by Crippen LogP contribution is 2.45. The summed E-state index contributed by atoms with van der Waals surface area (Å²) in [5, 5.41) is 4.95. The van der Waals surface area contributed by atoms with Gasteiger partial charge in [0.05, 0.1) is 12.2 Å². The van der Waals surface area contributed by atoms with Crippen LogP contribution in [0.25, 0.3) is 27.8 Å². The molecule has 10 heteroatoms. The van der Waals surface area contributed by atoms with Gasteiger partial charge in [-0.15, -0.1) is 5.10 Å². The second-order valence-corrected chi connectivity index (χ2v) is 11.9. The molecule has 0 bridgehead atoms. The third kappa shape index (κ3) is 4.98. The number of carbonyl (C=O) groups excluding carboxylic acids is 1. The first-order chi connectivity index (χ1) is 19.0. The number of rotatable bonds is 6. The molecule has 0 spiro atoms. The Bertz CT molecular complexity index is 1570. The Balaban J connectivity index is 1.36. The van der Waals surface area contributed by atoms with Crippen molar-refractivity contribution >= 4 is 22.5 Å². The summed E-state index contributed by atoms with van der Waals surface area (Å²) in [6, 6.07) is 8.55. The SMILES string of the molecule is CC(C)c1c(-c2cc(C3CC3)c3nc(C(F)(F)F)nn3c2)[nH]c2ccc(C3CCN(C(=O)CN(C)C)CC3)cc12. The first-order valence-corrected chi connectivity index (χ1v) is 14.1. The fourth-order valence-electron chi connectivity index (χ4n) is 6.11. The number of likely N-dealkylation sites (tertiary alicyclic amines) is 1. The van der Waals surface area contributed by atoms with Crippen LogP contribution in [0, 0.1) is 0 Å². The molecule has 1 saturated heterocycles. The molecule has 4 heterocycles. The zero-order valence-corrected chi connectivity index (χ0v) is 23.3. The standard InChI is InChI=1S/C30H35F3N6O/c1-17(2)26-23-13-20(18-9-11-38(12-10-18)25(40)16-37(3)4)7-8-24(23)34-27(26)21-14-22(19-5-6-19)28-35-29(30(31,32)33)36-39(28)15-21/h7-8,13-15,17-19,34H,5-6,9-12,16H2,1-4H3. The lowest BCUT2D eigenvalue weighted by Crippen LogP contribution is -2.42. The minimum Gasteiger partial charge on any atom is -0.354 e. The number of nitrogens with one attached hydrogen (secondary N) is 1. The smallest absolute Gasteiger partial charge is 0.354 e. The monoisotopic (exact) mass is 552 g/mol. The third-order valence-corrected chi connectivity index (χ3v) is 8.23. The van der Waals surface area contributed by atoms with Crippen LogP contribution in [0.1, 0.15) is 79.8 Å². The number of hydrogen-bond donors (Lipinski definition) is 1. The summed E-state index contributed by atoms with van der Waals surface area (Å²) in [5.74, 6) is -0.160. The quantitative estimate of drug-likeness (QED) is 0.311. The highest BCUT2D eigenvalue weighted by Gasteiger charge is 2.38. The molecule has 0 radical (unpaired) electrons. The number of halogens is 3. The maximum atomic E-state index is 13.4. The third-order valence-electron chi connectivity index (χ3n) is 8.23. The molecular weight excluding hydrogens is 517 g/mol. The van der Waals surface area contributed by atoms with Crippen molar-refractivity contribution in [3.05, 3.63) is 53.0 Å². The van der Waals surface area contributed by atoms with E-state index in [1.807, 2.05) is 30.0 Å². The van der Waals surface area contributed by atoms with Crippen molar-refractivity contribution in [2.24, 2.45) is 0 Å². The molecule has 1 saturated carbocycles. The van der Waals surface area contributed by atoms with Crippen LogP contribution >= 0.6 is 0 Å². The molecule has 212 valence electrons. The zero-order valence-electron chi connectivity index (χ0n) is 23.3. The number of benzene rings is 1. The Labute approximate surface area is 231 Å². The minimum atomic E-state index is -4.59. The van der Waals surface area contributed by atoms with Crippen LogP contribution in [0.2, 0.25) is 0 Å². The molecular formula is C30H35F3N6O. The van der Waals surface area contributed by atoms with Gasteiger partial charge in [0.2, 0.25) is 5.91 Å². The van der Waals surface area contributed by atoms with Gasteiger partial charge >= 0.3 is 6.18 Å². The average molecular weight is 553 g/mol. The molecule has 0 atom stereocenters. The molecule has 1 aliphatic carbocycles. The molecule has 2 fully saturated rings. The Morgan fingerprint density at radius 1 is 1.10 bits per heavy atom. The van der Waals surface area contributed by atoms with E-state index in [0.29, 0.717) is 18.1 Å². The second kappa shape index (κ2) is 9.90. The molecule has 7 nitrogen and oxygen atoms in total. The van der Waals surface area contributed by atoms with Crippen LogP contribution in [0.3, 0.4) is 0 Å². The number of H-pyrrole nitrogens is 1. The van der Waals surface area contributed by atoms with Gasteiger partial charge in [0.1, 0.15) is 0 Å². The Hall–Kier alpha value is -3.40. The molecule has 1 N–H and O–H groups in total. The van der Waals surface area contributed by atoms with E-state index in [-0.39, 0.29) is 17.7 Å². The number of aromatic amines is 1.